The summed E-state index contributed by atoms with van der Waals surface area (Å²) in [5.74, 6) is -0.166. The molecule has 1 aromatic heterocycles. The maximum absolute atomic E-state index is 12.6. The fourth-order valence-electron chi connectivity index (χ4n) is 2.92. The van der Waals surface area contributed by atoms with Crippen molar-refractivity contribution in [1.82, 2.24) is 20.0 Å². The summed E-state index contributed by atoms with van der Waals surface area (Å²) >= 11 is 0.505. The Bertz CT molecular complexity index is 657. The van der Waals surface area contributed by atoms with E-state index in [2.05, 4.69) is 10.2 Å². The second-order valence-electron chi connectivity index (χ2n) is 6.20. The molecule has 2 saturated heterocycles. The number of anilines is 1. The molecule has 0 aromatic carbocycles. The smallest absolute Gasteiger partial charge is 0.343 e. The normalized spacial score (nSPS) is 22.0. The van der Waals surface area contributed by atoms with Crippen LogP contribution < -0.4 is 4.90 Å². The molecule has 138 valence electrons. The van der Waals surface area contributed by atoms with E-state index in [9.17, 15) is 22.8 Å². The maximum atomic E-state index is 12.6. The number of rotatable bonds is 3. The lowest BCUT2D eigenvalue weighted by Crippen LogP contribution is -2.51. The SMILES string of the molecule is CC1CCN(CC(=O)N2CCN(c3nnc(C(F)(F)F)s3)CC2)C1=O. The van der Waals surface area contributed by atoms with Crippen LogP contribution >= 0.6 is 11.3 Å². The summed E-state index contributed by atoms with van der Waals surface area (Å²) in [5, 5.41) is 6.01. The summed E-state index contributed by atoms with van der Waals surface area (Å²) < 4.78 is 37.8. The molecule has 2 fully saturated rings. The molecular formula is C14H18F3N5O2S. The van der Waals surface area contributed by atoms with E-state index in [0.717, 1.165) is 6.42 Å². The highest BCUT2D eigenvalue weighted by Crippen LogP contribution is 2.34. The zero-order valence-electron chi connectivity index (χ0n) is 13.6. The first-order valence-corrected chi connectivity index (χ1v) is 8.79. The number of amides is 2. The quantitative estimate of drug-likeness (QED) is 0.788. The van der Waals surface area contributed by atoms with Gasteiger partial charge in [-0.1, -0.05) is 18.3 Å². The van der Waals surface area contributed by atoms with E-state index >= 15 is 0 Å². The lowest BCUT2D eigenvalue weighted by atomic mass is 10.1. The van der Waals surface area contributed by atoms with E-state index in [4.69, 9.17) is 0 Å². The van der Waals surface area contributed by atoms with Gasteiger partial charge in [-0.2, -0.15) is 13.2 Å². The van der Waals surface area contributed by atoms with Gasteiger partial charge in [-0.05, 0) is 6.42 Å². The van der Waals surface area contributed by atoms with Gasteiger partial charge in [-0.15, -0.1) is 10.2 Å². The van der Waals surface area contributed by atoms with Crippen LogP contribution in [-0.2, 0) is 15.8 Å². The van der Waals surface area contributed by atoms with Crippen LogP contribution in [0.3, 0.4) is 0 Å². The van der Waals surface area contributed by atoms with Crippen molar-refractivity contribution in [3.8, 4) is 0 Å². The predicted molar refractivity (Wildman–Crippen MR) is 84.1 cm³/mol. The van der Waals surface area contributed by atoms with Crippen LogP contribution in [0.25, 0.3) is 0 Å². The molecule has 0 spiro atoms. The second-order valence-corrected chi connectivity index (χ2v) is 7.16. The van der Waals surface area contributed by atoms with E-state index < -0.39 is 11.2 Å². The zero-order chi connectivity index (χ0) is 18.2. The number of hydrogen-bond acceptors (Lipinski definition) is 6. The third-order valence-corrected chi connectivity index (χ3v) is 5.48. The van der Waals surface area contributed by atoms with Gasteiger partial charge in [0.1, 0.15) is 0 Å². The van der Waals surface area contributed by atoms with Crippen LogP contribution in [0.15, 0.2) is 0 Å². The number of carbonyl (C=O) groups excluding carboxylic acids is 2. The summed E-state index contributed by atoms with van der Waals surface area (Å²) in [6.45, 7) is 4.07. The molecule has 1 unspecified atom stereocenters. The highest BCUT2D eigenvalue weighted by Gasteiger charge is 2.37. The standard InChI is InChI=1S/C14H18F3N5O2S/c1-9-2-3-22(11(9)24)8-10(23)20-4-6-21(7-5-20)13-19-18-12(25-13)14(15,16)17/h9H,2-8H2,1H3. The summed E-state index contributed by atoms with van der Waals surface area (Å²) in [6, 6.07) is 0. The lowest BCUT2D eigenvalue weighted by Gasteiger charge is -2.35. The molecule has 2 aliphatic rings. The van der Waals surface area contributed by atoms with Crippen LogP contribution in [0.5, 0.6) is 0 Å². The summed E-state index contributed by atoms with van der Waals surface area (Å²) in [6.07, 6.45) is -3.73. The van der Waals surface area contributed by atoms with Crippen molar-refractivity contribution in [2.24, 2.45) is 5.92 Å². The minimum absolute atomic E-state index is 0.000487. The Morgan fingerprint density at radius 2 is 1.88 bits per heavy atom. The molecule has 7 nitrogen and oxygen atoms in total. The Morgan fingerprint density at radius 3 is 2.40 bits per heavy atom. The van der Waals surface area contributed by atoms with Crippen molar-refractivity contribution < 1.29 is 22.8 Å². The molecular weight excluding hydrogens is 359 g/mol. The molecule has 1 atom stereocenters. The van der Waals surface area contributed by atoms with Crippen molar-refractivity contribution in [3.05, 3.63) is 5.01 Å². The molecule has 1 aromatic rings. The molecule has 3 rings (SSSR count). The first-order valence-electron chi connectivity index (χ1n) is 7.98. The summed E-state index contributed by atoms with van der Waals surface area (Å²) in [7, 11) is 0. The average Bonchev–Trinajstić information content (AvgIpc) is 3.18. The Labute approximate surface area is 146 Å². The van der Waals surface area contributed by atoms with Gasteiger partial charge in [-0.3, -0.25) is 9.59 Å². The molecule has 25 heavy (non-hydrogen) atoms. The van der Waals surface area contributed by atoms with E-state index in [1.54, 1.807) is 14.7 Å². The molecule has 0 saturated carbocycles. The molecule has 0 N–H and O–H groups in total. The molecule has 0 aliphatic carbocycles. The number of alkyl halides is 3. The summed E-state index contributed by atoms with van der Waals surface area (Å²) in [4.78, 5) is 29.1. The molecule has 0 bridgehead atoms. The van der Waals surface area contributed by atoms with E-state index in [1.807, 2.05) is 6.92 Å². The summed E-state index contributed by atoms with van der Waals surface area (Å²) in [5.41, 5.74) is 0. The molecule has 0 radical (unpaired) electrons. The van der Waals surface area contributed by atoms with E-state index in [0.29, 0.717) is 44.1 Å². The van der Waals surface area contributed by atoms with Gasteiger partial charge in [0.15, 0.2) is 0 Å². The number of hydrogen-bond donors (Lipinski definition) is 0. The highest BCUT2D eigenvalue weighted by atomic mass is 32.1. The van der Waals surface area contributed by atoms with Gasteiger partial charge >= 0.3 is 6.18 Å². The maximum Gasteiger partial charge on any atom is 0.445 e. The van der Waals surface area contributed by atoms with Gasteiger partial charge in [-0.25, -0.2) is 0 Å². The van der Waals surface area contributed by atoms with Gasteiger partial charge in [0, 0.05) is 38.6 Å². The number of carbonyl (C=O) groups is 2. The van der Waals surface area contributed by atoms with Crippen LogP contribution in [0.4, 0.5) is 18.3 Å². The Balaban J connectivity index is 1.52. The number of halogens is 3. The number of aromatic nitrogens is 2. The largest absolute Gasteiger partial charge is 0.445 e. The minimum atomic E-state index is -4.49. The average molecular weight is 377 g/mol. The molecule has 3 heterocycles. The fourth-order valence-corrected chi connectivity index (χ4v) is 3.68. The van der Waals surface area contributed by atoms with Crippen LogP contribution in [0.2, 0.25) is 0 Å². The third-order valence-electron chi connectivity index (χ3n) is 4.45. The van der Waals surface area contributed by atoms with Gasteiger partial charge in [0.2, 0.25) is 22.0 Å². The Hall–Kier alpha value is -1.91. The van der Waals surface area contributed by atoms with Gasteiger partial charge < -0.3 is 14.7 Å². The zero-order valence-corrected chi connectivity index (χ0v) is 14.4. The van der Waals surface area contributed by atoms with Crippen molar-refractivity contribution in [3.63, 3.8) is 0 Å². The van der Waals surface area contributed by atoms with Crippen molar-refractivity contribution >= 4 is 28.3 Å². The van der Waals surface area contributed by atoms with Crippen LogP contribution in [0.1, 0.15) is 18.4 Å². The number of nitrogens with zero attached hydrogens (tertiary/aromatic N) is 5. The van der Waals surface area contributed by atoms with Gasteiger partial charge in [0.05, 0.1) is 6.54 Å². The topological polar surface area (TPSA) is 69.6 Å². The van der Waals surface area contributed by atoms with Crippen molar-refractivity contribution in [1.29, 1.82) is 0 Å². The fraction of sp³-hybridized carbons (Fsp3) is 0.714. The van der Waals surface area contributed by atoms with E-state index in [1.165, 1.54) is 0 Å². The number of piperazine rings is 1. The minimum Gasteiger partial charge on any atom is -0.343 e. The third kappa shape index (κ3) is 3.86. The van der Waals surface area contributed by atoms with Crippen LogP contribution in [0, 0.1) is 5.92 Å². The van der Waals surface area contributed by atoms with Crippen molar-refractivity contribution in [2.75, 3.05) is 44.2 Å². The highest BCUT2D eigenvalue weighted by molar-refractivity contribution is 7.15. The van der Waals surface area contributed by atoms with Gasteiger partial charge in [0.25, 0.3) is 0 Å². The first-order chi connectivity index (χ1) is 11.8. The molecule has 11 heteroatoms. The monoisotopic (exact) mass is 377 g/mol. The van der Waals surface area contributed by atoms with Crippen molar-refractivity contribution in [2.45, 2.75) is 19.5 Å². The molecule has 2 aliphatic heterocycles. The second kappa shape index (κ2) is 6.77. The first kappa shape index (κ1) is 17.9. The van der Waals surface area contributed by atoms with E-state index in [-0.39, 0.29) is 29.4 Å². The Morgan fingerprint density at radius 1 is 1.20 bits per heavy atom. The number of likely N-dealkylation sites (tertiary alicyclic amines) is 1. The lowest BCUT2D eigenvalue weighted by molar-refractivity contribution is -0.139. The van der Waals surface area contributed by atoms with Crippen LogP contribution in [-0.4, -0.2) is 71.1 Å². The Kier molecular flexibility index (Phi) is 4.85. The predicted octanol–water partition coefficient (Wildman–Crippen LogP) is 1.07. The molecule has 2 amide bonds.